The first-order chi connectivity index (χ1) is 9.61. The van der Waals surface area contributed by atoms with Crippen molar-refractivity contribution in [2.24, 2.45) is 10.9 Å². The molecule has 2 N–H and O–H groups in total. The van der Waals surface area contributed by atoms with E-state index in [4.69, 9.17) is 4.52 Å². The maximum atomic E-state index is 5.04. The van der Waals surface area contributed by atoms with Crippen molar-refractivity contribution in [2.75, 3.05) is 13.1 Å². The number of unbranched alkanes of at least 4 members (excludes halogenated alkanes) is 1. The lowest BCUT2D eigenvalue weighted by molar-refractivity contribution is 0.376. The van der Waals surface area contributed by atoms with Crippen molar-refractivity contribution < 1.29 is 4.52 Å². The summed E-state index contributed by atoms with van der Waals surface area (Å²) < 4.78 is 5.04. The van der Waals surface area contributed by atoms with E-state index in [9.17, 15) is 0 Å². The van der Waals surface area contributed by atoms with Crippen LogP contribution in [0.3, 0.4) is 0 Å². The summed E-state index contributed by atoms with van der Waals surface area (Å²) in [5.41, 5.74) is 0. The minimum absolute atomic E-state index is 0.405. The zero-order chi connectivity index (χ0) is 14.8. The third-order valence-electron chi connectivity index (χ3n) is 2.79. The molecule has 0 atom stereocenters. The van der Waals surface area contributed by atoms with Crippen LogP contribution < -0.4 is 10.6 Å². The van der Waals surface area contributed by atoms with Crippen molar-refractivity contribution in [1.82, 2.24) is 20.8 Å². The highest BCUT2D eigenvalue weighted by Gasteiger charge is 2.02. The Morgan fingerprint density at radius 3 is 2.70 bits per heavy atom. The van der Waals surface area contributed by atoms with Crippen molar-refractivity contribution in [3.8, 4) is 0 Å². The van der Waals surface area contributed by atoms with Crippen LogP contribution in [0, 0.1) is 12.8 Å². The first-order valence-electron chi connectivity index (χ1n) is 7.43. The van der Waals surface area contributed by atoms with Gasteiger partial charge in [0.2, 0.25) is 5.89 Å². The molecule has 0 radical (unpaired) electrons. The summed E-state index contributed by atoms with van der Waals surface area (Å²) in [7, 11) is 0. The van der Waals surface area contributed by atoms with E-state index in [0.717, 1.165) is 31.4 Å². The number of aryl methyl sites for hydroxylation is 1. The van der Waals surface area contributed by atoms with Crippen LogP contribution in [0.2, 0.25) is 0 Å². The second-order valence-electron chi connectivity index (χ2n) is 5.25. The molecule has 0 saturated heterocycles. The monoisotopic (exact) mass is 281 g/mol. The topological polar surface area (TPSA) is 75.3 Å². The quantitative estimate of drug-likeness (QED) is 0.434. The first kappa shape index (κ1) is 16.5. The number of rotatable bonds is 8. The van der Waals surface area contributed by atoms with Gasteiger partial charge in [-0.2, -0.15) is 4.98 Å². The highest BCUT2D eigenvalue weighted by atomic mass is 16.5. The molecule has 0 aliphatic carbocycles. The fourth-order valence-corrected chi connectivity index (χ4v) is 1.78. The lowest BCUT2D eigenvalue weighted by Gasteiger charge is -2.11. The molecule has 6 nitrogen and oxygen atoms in total. The second-order valence-corrected chi connectivity index (χ2v) is 5.25. The van der Waals surface area contributed by atoms with Gasteiger partial charge < -0.3 is 15.2 Å². The second kappa shape index (κ2) is 9.34. The molecule has 1 rings (SSSR count). The fraction of sp³-hybridized carbons (Fsp3) is 0.786. The third kappa shape index (κ3) is 7.11. The van der Waals surface area contributed by atoms with Gasteiger partial charge in [0.05, 0.1) is 0 Å². The number of nitrogens with one attached hydrogen (secondary N) is 2. The molecule has 0 unspecified atom stereocenters. The number of aromatic nitrogens is 2. The summed E-state index contributed by atoms with van der Waals surface area (Å²) in [6.45, 7) is 10.5. The Morgan fingerprint density at radius 1 is 1.30 bits per heavy atom. The third-order valence-corrected chi connectivity index (χ3v) is 2.79. The standard InChI is InChI=1S/C14H27N5O/c1-5-15-14(16-9-7-6-8-11(2)3)17-10-13-18-12(4)19-20-13/h11H,5-10H2,1-4H3,(H2,15,16,17). The molecular weight excluding hydrogens is 254 g/mol. The predicted octanol–water partition coefficient (Wildman–Crippen LogP) is 2.26. The summed E-state index contributed by atoms with van der Waals surface area (Å²) in [4.78, 5) is 8.56. The number of aliphatic imine (C=N–C) groups is 1. The molecule has 0 amide bonds. The van der Waals surface area contributed by atoms with E-state index in [1.165, 1.54) is 12.8 Å². The molecule has 0 aliphatic heterocycles. The van der Waals surface area contributed by atoms with E-state index in [1.807, 2.05) is 6.92 Å². The van der Waals surface area contributed by atoms with Gasteiger partial charge in [-0.25, -0.2) is 4.99 Å². The molecule has 20 heavy (non-hydrogen) atoms. The van der Waals surface area contributed by atoms with Gasteiger partial charge in [0.15, 0.2) is 11.8 Å². The average Bonchev–Trinajstić information content (AvgIpc) is 2.81. The number of hydrogen-bond donors (Lipinski definition) is 2. The van der Waals surface area contributed by atoms with E-state index in [-0.39, 0.29) is 0 Å². The number of nitrogens with zero attached hydrogens (tertiary/aromatic N) is 3. The van der Waals surface area contributed by atoms with Crippen molar-refractivity contribution in [3.63, 3.8) is 0 Å². The zero-order valence-electron chi connectivity index (χ0n) is 13.1. The van der Waals surface area contributed by atoms with E-state index in [1.54, 1.807) is 6.92 Å². The Kier molecular flexibility index (Phi) is 7.69. The predicted molar refractivity (Wildman–Crippen MR) is 80.5 cm³/mol. The molecule has 1 aromatic rings. The molecule has 0 saturated carbocycles. The van der Waals surface area contributed by atoms with Crippen molar-refractivity contribution in [3.05, 3.63) is 11.7 Å². The van der Waals surface area contributed by atoms with Crippen LogP contribution in [0.15, 0.2) is 9.52 Å². The van der Waals surface area contributed by atoms with E-state index in [2.05, 4.69) is 39.6 Å². The average molecular weight is 281 g/mol. The lowest BCUT2D eigenvalue weighted by Crippen LogP contribution is -2.37. The largest absolute Gasteiger partial charge is 0.357 e. The Morgan fingerprint density at radius 2 is 2.10 bits per heavy atom. The van der Waals surface area contributed by atoms with Crippen LogP contribution in [0.25, 0.3) is 0 Å². The lowest BCUT2D eigenvalue weighted by atomic mass is 10.1. The minimum Gasteiger partial charge on any atom is -0.357 e. The molecule has 1 aromatic heterocycles. The van der Waals surface area contributed by atoms with Crippen LogP contribution in [0.5, 0.6) is 0 Å². The SMILES string of the molecule is CCNC(=NCc1nc(C)no1)NCCCCC(C)C. The van der Waals surface area contributed by atoms with Gasteiger partial charge >= 0.3 is 0 Å². The van der Waals surface area contributed by atoms with Crippen LogP contribution in [-0.2, 0) is 6.54 Å². The summed E-state index contributed by atoms with van der Waals surface area (Å²) in [5.74, 6) is 2.76. The van der Waals surface area contributed by atoms with Gasteiger partial charge in [-0.05, 0) is 26.2 Å². The molecular formula is C14H27N5O. The van der Waals surface area contributed by atoms with Gasteiger partial charge in [0.1, 0.15) is 6.54 Å². The van der Waals surface area contributed by atoms with Gasteiger partial charge in [-0.3, -0.25) is 0 Å². The van der Waals surface area contributed by atoms with Gasteiger partial charge in [0, 0.05) is 13.1 Å². The molecule has 0 spiro atoms. The Bertz CT molecular complexity index is 400. The Labute approximate surface area is 121 Å². The van der Waals surface area contributed by atoms with Gasteiger partial charge in [-0.1, -0.05) is 31.8 Å². The summed E-state index contributed by atoms with van der Waals surface area (Å²) in [5, 5.41) is 10.3. The van der Waals surface area contributed by atoms with Crippen LogP contribution >= 0.6 is 0 Å². The molecule has 1 heterocycles. The first-order valence-corrected chi connectivity index (χ1v) is 7.43. The van der Waals surface area contributed by atoms with E-state index in [0.29, 0.717) is 18.3 Å². The fourth-order valence-electron chi connectivity index (χ4n) is 1.78. The normalized spacial score (nSPS) is 11.9. The maximum Gasteiger partial charge on any atom is 0.248 e. The molecule has 0 bridgehead atoms. The van der Waals surface area contributed by atoms with Crippen LogP contribution in [0.4, 0.5) is 0 Å². The van der Waals surface area contributed by atoms with E-state index < -0.39 is 0 Å². The van der Waals surface area contributed by atoms with Crippen LogP contribution in [0.1, 0.15) is 51.7 Å². The van der Waals surface area contributed by atoms with Crippen molar-refractivity contribution in [1.29, 1.82) is 0 Å². The molecule has 114 valence electrons. The number of hydrogen-bond acceptors (Lipinski definition) is 4. The number of guanidine groups is 1. The van der Waals surface area contributed by atoms with Crippen LogP contribution in [-0.4, -0.2) is 29.2 Å². The Balaban J connectivity index is 2.31. The smallest absolute Gasteiger partial charge is 0.248 e. The highest BCUT2D eigenvalue weighted by Crippen LogP contribution is 2.05. The molecule has 0 fully saturated rings. The highest BCUT2D eigenvalue weighted by molar-refractivity contribution is 5.79. The van der Waals surface area contributed by atoms with Crippen molar-refractivity contribution >= 4 is 5.96 Å². The summed E-state index contributed by atoms with van der Waals surface area (Å²) in [6.07, 6.45) is 3.67. The minimum atomic E-state index is 0.405. The summed E-state index contributed by atoms with van der Waals surface area (Å²) in [6, 6.07) is 0. The molecule has 0 aliphatic rings. The summed E-state index contributed by atoms with van der Waals surface area (Å²) >= 11 is 0. The van der Waals surface area contributed by atoms with Crippen molar-refractivity contribution in [2.45, 2.75) is 53.5 Å². The van der Waals surface area contributed by atoms with Gasteiger partial charge in [-0.15, -0.1) is 0 Å². The molecule has 6 heteroatoms. The Hall–Kier alpha value is -1.59. The zero-order valence-corrected chi connectivity index (χ0v) is 13.1. The van der Waals surface area contributed by atoms with Gasteiger partial charge in [0.25, 0.3) is 0 Å². The maximum absolute atomic E-state index is 5.04. The molecule has 0 aromatic carbocycles. The van der Waals surface area contributed by atoms with E-state index >= 15 is 0 Å².